The maximum atomic E-state index is 12.0. The van der Waals surface area contributed by atoms with Crippen LogP contribution in [-0.4, -0.2) is 31.1 Å². The molecule has 1 aromatic carbocycles. The molecule has 1 amide bonds. The Bertz CT molecular complexity index is 431. The number of hydrogen-bond acceptors (Lipinski definition) is 4. The molecule has 1 aliphatic heterocycles. The molecule has 1 heterocycles. The Kier molecular flexibility index (Phi) is 4.36. The number of carbonyl (C=O) groups excluding carboxylic acids is 1. The predicted octanol–water partition coefficient (Wildman–Crippen LogP) is 1.76. The summed E-state index contributed by atoms with van der Waals surface area (Å²) in [6.07, 6.45) is 1.18. The van der Waals surface area contributed by atoms with Crippen molar-refractivity contribution < 1.29 is 9.53 Å². The average molecular weight is 266 g/mol. The zero-order valence-corrected chi connectivity index (χ0v) is 11.3. The Morgan fingerprint density at radius 2 is 2.44 bits per heavy atom. The minimum atomic E-state index is -0.105. The lowest BCUT2D eigenvalue weighted by atomic mass is 10.1. The number of rotatable bonds is 4. The van der Waals surface area contributed by atoms with Crippen molar-refractivity contribution in [2.75, 3.05) is 30.9 Å². The summed E-state index contributed by atoms with van der Waals surface area (Å²) >= 11 is 1.95. The minimum Gasteiger partial charge on any atom is -0.497 e. The van der Waals surface area contributed by atoms with Crippen LogP contribution in [0.3, 0.4) is 0 Å². The fourth-order valence-electron chi connectivity index (χ4n) is 1.95. The van der Waals surface area contributed by atoms with E-state index in [1.165, 1.54) is 12.2 Å². The number of benzene rings is 1. The van der Waals surface area contributed by atoms with Crippen LogP contribution in [0.2, 0.25) is 0 Å². The molecular formula is C13H18N2O2S. The zero-order valence-electron chi connectivity index (χ0n) is 10.4. The first kappa shape index (κ1) is 13.1. The third kappa shape index (κ3) is 3.10. The molecule has 4 nitrogen and oxygen atoms in total. The highest BCUT2D eigenvalue weighted by molar-refractivity contribution is 7.99. The molecule has 0 spiro atoms. The van der Waals surface area contributed by atoms with Gasteiger partial charge in [-0.3, -0.25) is 4.79 Å². The number of nitrogens with one attached hydrogen (secondary N) is 1. The first-order valence-electron chi connectivity index (χ1n) is 6.00. The van der Waals surface area contributed by atoms with Gasteiger partial charge in [-0.1, -0.05) is 0 Å². The second-order valence-corrected chi connectivity index (χ2v) is 5.54. The van der Waals surface area contributed by atoms with E-state index < -0.39 is 0 Å². The number of hydrogen-bond donors (Lipinski definition) is 2. The molecule has 0 bridgehead atoms. The lowest BCUT2D eigenvalue weighted by Crippen LogP contribution is -2.29. The van der Waals surface area contributed by atoms with Crippen molar-refractivity contribution in [1.29, 1.82) is 0 Å². The van der Waals surface area contributed by atoms with E-state index in [9.17, 15) is 4.79 Å². The maximum absolute atomic E-state index is 12.0. The summed E-state index contributed by atoms with van der Waals surface area (Å²) in [5, 5.41) is 2.95. The molecule has 0 radical (unpaired) electrons. The Balaban J connectivity index is 1.95. The van der Waals surface area contributed by atoms with Gasteiger partial charge in [-0.2, -0.15) is 11.8 Å². The topological polar surface area (TPSA) is 64.3 Å². The summed E-state index contributed by atoms with van der Waals surface area (Å²) in [6, 6.07) is 5.12. The smallest absolute Gasteiger partial charge is 0.253 e. The highest BCUT2D eigenvalue weighted by atomic mass is 32.2. The molecule has 5 heteroatoms. The fraction of sp³-hybridized carbons (Fsp3) is 0.462. The third-order valence-corrected chi connectivity index (χ3v) is 4.31. The van der Waals surface area contributed by atoms with Crippen LogP contribution in [0.5, 0.6) is 5.75 Å². The van der Waals surface area contributed by atoms with Crippen molar-refractivity contribution in [3.05, 3.63) is 23.8 Å². The molecule has 18 heavy (non-hydrogen) atoms. The minimum absolute atomic E-state index is 0.105. The molecule has 98 valence electrons. The van der Waals surface area contributed by atoms with E-state index >= 15 is 0 Å². The average Bonchev–Trinajstić information content (AvgIpc) is 2.88. The number of methoxy groups -OCH3 is 1. The first-order valence-corrected chi connectivity index (χ1v) is 7.15. The number of nitrogen functional groups attached to an aromatic ring is 1. The molecule has 0 saturated carbocycles. The van der Waals surface area contributed by atoms with E-state index in [1.807, 2.05) is 11.8 Å². The molecule has 2 rings (SSSR count). The van der Waals surface area contributed by atoms with Crippen LogP contribution in [0.1, 0.15) is 16.8 Å². The van der Waals surface area contributed by atoms with Crippen molar-refractivity contribution in [2.24, 2.45) is 5.92 Å². The lowest BCUT2D eigenvalue weighted by Gasteiger charge is -2.11. The second-order valence-electron chi connectivity index (χ2n) is 4.39. The molecule has 0 aliphatic carbocycles. The van der Waals surface area contributed by atoms with Crippen LogP contribution in [0, 0.1) is 5.92 Å². The van der Waals surface area contributed by atoms with E-state index in [-0.39, 0.29) is 5.91 Å². The van der Waals surface area contributed by atoms with Gasteiger partial charge in [0.05, 0.1) is 12.7 Å². The zero-order chi connectivity index (χ0) is 13.0. The SMILES string of the molecule is COc1ccc(C(=O)NCC2CCSC2)c(N)c1. The molecule has 1 unspecified atom stereocenters. The summed E-state index contributed by atoms with van der Waals surface area (Å²) in [6.45, 7) is 0.733. The summed E-state index contributed by atoms with van der Waals surface area (Å²) in [7, 11) is 1.58. The van der Waals surface area contributed by atoms with Gasteiger partial charge in [0, 0.05) is 18.3 Å². The van der Waals surface area contributed by atoms with Crippen LogP contribution >= 0.6 is 11.8 Å². The largest absolute Gasteiger partial charge is 0.497 e. The van der Waals surface area contributed by atoms with Crippen molar-refractivity contribution in [1.82, 2.24) is 5.32 Å². The number of anilines is 1. The molecular weight excluding hydrogens is 248 g/mol. The van der Waals surface area contributed by atoms with Gasteiger partial charge in [-0.25, -0.2) is 0 Å². The monoisotopic (exact) mass is 266 g/mol. The third-order valence-electron chi connectivity index (χ3n) is 3.08. The molecule has 1 fully saturated rings. The Labute approximate surface area is 111 Å². The number of carbonyl (C=O) groups is 1. The highest BCUT2D eigenvalue weighted by Gasteiger charge is 2.17. The van der Waals surface area contributed by atoms with E-state index in [2.05, 4.69) is 5.32 Å². The van der Waals surface area contributed by atoms with Crippen molar-refractivity contribution in [2.45, 2.75) is 6.42 Å². The normalized spacial score (nSPS) is 18.6. The quantitative estimate of drug-likeness (QED) is 0.815. The van der Waals surface area contributed by atoms with Gasteiger partial charge >= 0.3 is 0 Å². The highest BCUT2D eigenvalue weighted by Crippen LogP contribution is 2.23. The van der Waals surface area contributed by atoms with E-state index in [0.29, 0.717) is 22.9 Å². The van der Waals surface area contributed by atoms with Crippen molar-refractivity contribution in [3.8, 4) is 5.75 Å². The van der Waals surface area contributed by atoms with Gasteiger partial charge in [0.25, 0.3) is 5.91 Å². The Hall–Kier alpha value is -1.36. The van der Waals surface area contributed by atoms with Crippen molar-refractivity contribution >= 4 is 23.4 Å². The van der Waals surface area contributed by atoms with Gasteiger partial charge < -0.3 is 15.8 Å². The van der Waals surface area contributed by atoms with E-state index in [0.717, 1.165) is 12.3 Å². The van der Waals surface area contributed by atoms with Crippen LogP contribution in [0.25, 0.3) is 0 Å². The standard InChI is InChI=1S/C13H18N2O2S/c1-17-10-2-3-11(12(14)6-10)13(16)15-7-9-4-5-18-8-9/h2-3,6,9H,4-5,7-8,14H2,1H3,(H,15,16). The predicted molar refractivity (Wildman–Crippen MR) is 75.2 cm³/mol. The lowest BCUT2D eigenvalue weighted by molar-refractivity contribution is 0.0949. The maximum Gasteiger partial charge on any atom is 0.253 e. The number of ether oxygens (including phenoxy) is 1. The van der Waals surface area contributed by atoms with Crippen LogP contribution < -0.4 is 15.8 Å². The number of amides is 1. The molecule has 3 N–H and O–H groups in total. The molecule has 0 aromatic heterocycles. The van der Waals surface area contributed by atoms with E-state index in [4.69, 9.17) is 10.5 Å². The van der Waals surface area contributed by atoms with Crippen molar-refractivity contribution in [3.63, 3.8) is 0 Å². The van der Waals surface area contributed by atoms with Gasteiger partial charge in [-0.15, -0.1) is 0 Å². The van der Waals surface area contributed by atoms with Crippen LogP contribution in [0.15, 0.2) is 18.2 Å². The summed E-state index contributed by atoms with van der Waals surface area (Å²) in [5.74, 6) is 3.49. The van der Waals surface area contributed by atoms with Gasteiger partial charge in [0.15, 0.2) is 0 Å². The number of thioether (sulfide) groups is 1. The van der Waals surface area contributed by atoms with Gasteiger partial charge in [0.2, 0.25) is 0 Å². The molecule has 1 saturated heterocycles. The first-order chi connectivity index (χ1) is 8.70. The van der Waals surface area contributed by atoms with Gasteiger partial charge in [0.1, 0.15) is 5.75 Å². The summed E-state index contributed by atoms with van der Waals surface area (Å²) in [5.41, 5.74) is 6.80. The number of nitrogens with two attached hydrogens (primary N) is 1. The molecule has 1 aromatic rings. The Morgan fingerprint density at radius 1 is 1.61 bits per heavy atom. The second kappa shape index (κ2) is 6.00. The molecule has 1 atom stereocenters. The summed E-state index contributed by atoms with van der Waals surface area (Å²) < 4.78 is 5.06. The van der Waals surface area contributed by atoms with Gasteiger partial charge in [-0.05, 0) is 36.0 Å². The van der Waals surface area contributed by atoms with E-state index in [1.54, 1.807) is 25.3 Å². The fourth-order valence-corrected chi connectivity index (χ4v) is 3.24. The molecule has 1 aliphatic rings. The summed E-state index contributed by atoms with van der Waals surface area (Å²) in [4.78, 5) is 12.0. The Morgan fingerprint density at radius 3 is 3.06 bits per heavy atom. The van der Waals surface area contributed by atoms with Crippen LogP contribution in [0.4, 0.5) is 5.69 Å². The van der Waals surface area contributed by atoms with Crippen LogP contribution in [-0.2, 0) is 0 Å².